The second-order valence-corrected chi connectivity index (χ2v) is 6.97. The number of pyridine rings is 1. The number of nitrogens with zero attached hydrogens (tertiary/aromatic N) is 1. The predicted octanol–water partition coefficient (Wildman–Crippen LogP) is 2.97. The number of anilines is 1. The molecule has 8 heteroatoms. The van der Waals surface area contributed by atoms with Crippen LogP contribution in [0, 0.1) is 6.92 Å². The summed E-state index contributed by atoms with van der Waals surface area (Å²) in [6, 6.07) is 6.32. The van der Waals surface area contributed by atoms with Gasteiger partial charge in [-0.2, -0.15) is 0 Å². The van der Waals surface area contributed by atoms with E-state index in [9.17, 15) is 8.42 Å². The van der Waals surface area contributed by atoms with Crippen LogP contribution >= 0.6 is 15.9 Å². The van der Waals surface area contributed by atoms with Crippen LogP contribution in [0.2, 0.25) is 0 Å². The van der Waals surface area contributed by atoms with Gasteiger partial charge in [-0.3, -0.25) is 4.72 Å². The second kappa shape index (κ2) is 6.53. The van der Waals surface area contributed by atoms with Crippen LogP contribution in [0.25, 0.3) is 0 Å². The monoisotopic (exact) mass is 386 g/mol. The largest absolute Gasteiger partial charge is 0.497 e. The Labute approximate surface area is 137 Å². The zero-order valence-electron chi connectivity index (χ0n) is 12.3. The van der Waals surface area contributed by atoms with Crippen molar-refractivity contribution in [1.29, 1.82) is 0 Å². The summed E-state index contributed by atoms with van der Waals surface area (Å²) in [5, 5.41) is 0. The van der Waals surface area contributed by atoms with Crippen molar-refractivity contribution in [3.8, 4) is 11.5 Å². The number of rotatable bonds is 5. The van der Waals surface area contributed by atoms with E-state index in [1.165, 1.54) is 26.4 Å². The maximum absolute atomic E-state index is 12.6. The van der Waals surface area contributed by atoms with Crippen LogP contribution in [0.5, 0.6) is 11.5 Å². The molecule has 2 rings (SSSR count). The number of nitrogens with one attached hydrogen (secondary N) is 1. The molecule has 0 unspecified atom stereocenters. The van der Waals surface area contributed by atoms with Gasteiger partial charge in [-0.25, -0.2) is 13.4 Å². The van der Waals surface area contributed by atoms with E-state index in [1.54, 1.807) is 18.3 Å². The van der Waals surface area contributed by atoms with Gasteiger partial charge in [0.05, 0.1) is 18.7 Å². The molecule has 1 N–H and O–H groups in total. The normalized spacial score (nSPS) is 11.1. The number of hydrogen-bond acceptors (Lipinski definition) is 5. The van der Waals surface area contributed by atoms with Gasteiger partial charge in [-0.05, 0) is 46.6 Å². The number of benzene rings is 1. The molecule has 0 amide bonds. The van der Waals surface area contributed by atoms with Crippen LogP contribution in [-0.2, 0) is 10.0 Å². The van der Waals surface area contributed by atoms with E-state index in [2.05, 4.69) is 25.6 Å². The van der Waals surface area contributed by atoms with Gasteiger partial charge in [0.2, 0.25) is 0 Å². The molecule has 6 nitrogen and oxygen atoms in total. The molecule has 1 heterocycles. The summed E-state index contributed by atoms with van der Waals surface area (Å²) in [6.45, 7) is 1.86. The van der Waals surface area contributed by atoms with Gasteiger partial charge >= 0.3 is 0 Å². The lowest BCUT2D eigenvalue weighted by Crippen LogP contribution is -2.15. The maximum atomic E-state index is 12.6. The van der Waals surface area contributed by atoms with Gasteiger partial charge in [0.25, 0.3) is 10.0 Å². The molecule has 0 saturated heterocycles. The van der Waals surface area contributed by atoms with Crippen molar-refractivity contribution in [2.45, 2.75) is 11.8 Å². The molecule has 0 radical (unpaired) electrons. The van der Waals surface area contributed by atoms with Crippen molar-refractivity contribution in [3.63, 3.8) is 0 Å². The van der Waals surface area contributed by atoms with Gasteiger partial charge in [0.1, 0.15) is 16.4 Å². The lowest BCUT2D eigenvalue weighted by Gasteiger charge is -2.13. The van der Waals surface area contributed by atoms with Crippen molar-refractivity contribution in [3.05, 3.63) is 40.5 Å². The van der Waals surface area contributed by atoms with Crippen LogP contribution in [-0.4, -0.2) is 27.6 Å². The number of ether oxygens (including phenoxy) is 2. The fraction of sp³-hybridized carbons (Fsp3) is 0.214. The first-order chi connectivity index (χ1) is 10.4. The number of halogens is 1. The molecule has 22 heavy (non-hydrogen) atoms. The smallest absolute Gasteiger partial charge is 0.266 e. The van der Waals surface area contributed by atoms with Crippen molar-refractivity contribution < 1.29 is 17.9 Å². The molecule has 0 atom stereocenters. The number of methoxy groups -OCH3 is 2. The summed E-state index contributed by atoms with van der Waals surface area (Å²) in [7, 11) is -1.01. The minimum Gasteiger partial charge on any atom is -0.497 e. The first kappa shape index (κ1) is 16.6. The van der Waals surface area contributed by atoms with Gasteiger partial charge < -0.3 is 9.47 Å². The molecular weight excluding hydrogens is 372 g/mol. The lowest BCUT2D eigenvalue weighted by molar-refractivity contribution is 0.392. The van der Waals surface area contributed by atoms with Crippen LogP contribution < -0.4 is 14.2 Å². The summed E-state index contributed by atoms with van der Waals surface area (Å²) in [5.74, 6) is 0.837. The highest BCUT2D eigenvalue weighted by molar-refractivity contribution is 9.10. The second-order valence-electron chi connectivity index (χ2n) is 4.47. The highest BCUT2D eigenvalue weighted by atomic mass is 79.9. The van der Waals surface area contributed by atoms with E-state index in [0.29, 0.717) is 10.2 Å². The molecule has 2 aromatic rings. The molecule has 0 aliphatic heterocycles. The number of sulfonamides is 1. The average Bonchev–Trinajstić information content (AvgIpc) is 2.49. The maximum Gasteiger partial charge on any atom is 0.266 e. The molecule has 118 valence electrons. The zero-order chi connectivity index (χ0) is 16.3. The molecule has 1 aromatic heterocycles. The van der Waals surface area contributed by atoms with Crippen LogP contribution in [0.1, 0.15) is 5.56 Å². The molecule has 0 saturated carbocycles. The molecule has 0 aliphatic carbocycles. The third-order valence-electron chi connectivity index (χ3n) is 2.87. The fourth-order valence-corrected chi connectivity index (χ4v) is 3.69. The molecular formula is C14H15BrN2O4S. The lowest BCUT2D eigenvalue weighted by atomic mass is 10.3. The van der Waals surface area contributed by atoms with E-state index < -0.39 is 10.0 Å². The van der Waals surface area contributed by atoms with E-state index in [-0.39, 0.29) is 16.5 Å². The van der Waals surface area contributed by atoms with Gasteiger partial charge in [0, 0.05) is 12.3 Å². The highest BCUT2D eigenvalue weighted by Gasteiger charge is 2.22. The Morgan fingerprint density at radius 3 is 2.50 bits per heavy atom. The Hall–Kier alpha value is -1.80. The summed E-state index contributed by atoms with van der Waals surface area (Å²) in [4.78, 5) is 4.05. The van der Waals surface area contributed by atoms with E-state index in [0.717, 1.165) is 5.56 Å². The van der Waals surface area contributed by atoms with Crippen molar-refractivity contribution >= 4 is 31.8 Å². The highest BCUT2D eigenvalue weighted by Crippen LogP contribution is 2.31. The summed E-state index contributed by atoms with van der Waals surface area (Å²) >= 11 is 3.29. The SMILES string of the molecule is COc1ccc(OC)c(S(=O)(=O)Nc2ncc(C)cc2Br)c1. The summed E-state index contributed by atoms with van der Waals surface area (Å²) in [6.07, 6.45) is 1.57. The van der Waals surface area contributed by atoms with Crippen molar-refractivity contribution in [2.24, 2.45) is 0 Å². The predicted molar refractivity (Wildman–Crippen MR) is 87.0 cm³/mol. The minimum atomic E-state index is -3.87. The van der Waals surface area contributed by atoms with E-state index >= 15 is 0 Å². The summed E-state index contributed by atoms with van der Waals surface area (Å²) in [5.41, 5.74) is 0.911. The Bertz CT molecular complexity index is 793. The standard InChI is InChI=1S/C14H15BrN2O4S/c1-9-6-11(15)14(16-8-9)17-22(18,19)13-7-10(20-2)4-5-12(13)21-3/h4-8H,1-3H3,(H,16,17). The van der Waals surface area contributed by atoms with Crippen LogP contribution in [0.4, 0.5) is 5.82 Å². The number of hydrogen-bond donors (Lipinski definition) is 1. The molecule has 0 bridgehead atoms. The molecule has 0 fully saturated rings. The first-order valence-electron chi connectivity index (χ1n) is 6.24. The Morgan fingerprint density at radius 2 is 1.91 bits per heavy atom. The van der Waals surface area contributed by atoms with Crippen LogP contribution in [0.15, 0.2) is 39.8 Å². The fourth-order valence-electron chi connectivity index (χ4n) is 1.78. The van der Waals surface area contributed by atoms with Crippen LogP contribution in [0.3, 0.4) is 0 Å². The average molecular weight is 387 g/mol. The zero-order valence-corrected chi connectivity index (χ0v) is 14.7. The quantitative estimate of drug-likeness (QED) is 0.854. The number of aryl methyl sites for hydroxylation is 1. The summed E-state index contributed by atoms with van der Waals surface area (Å²) < 4.78 is 38.3. The Balaban J connectivity index is 2.46. The Kier molecular flexibility index (Phi) is 4.92. The number of aromatic nitrogens is 1. The molecule has 0 spiro atoms. The topological polar surface area (TPSA) is 77.5 Å². The molecule has 1 aromatic carbocycles. The Morgan fingerprint density at radius 1 is 1.18 bits per heavy atom. The third-order valence-corrected chi connectivity index (χ3v) is 4.83. The minimum absolute atomic E-state index is 0.0244. The van der Waals surface area contributed by atoms with Gasteiger partial charge in [-0.1, -0.05) is 0 Å². The van der Waals surface area contributed by atoms with E-state index in [4.69, 9.17) is 9.47 Å². The van der Waals surface area contributed by atoms with E-state index in [1.807, 2.05) is 6.92 Å². The first-order valence-corrected chi connectivity index (χ1v) is 8.52. The van der Waals surface area contributed by atoms with Gasteiger partial charge in [-0.15, -0.1) is 0 Å². The van der Waals surface area contributed by atoms with Crippen molar-refractivity contribution in [2.75, 3.05) is 18.9 Å². The molecule has 0 aliphatic rings. The van der Waals surface area contributed by atoms with Gasteiger partial charge in [0.15, 0.2) is 5.82 Å². The third kappa shape index (κ3) is 3.50. The van der Waals surface area contributed by atoms with Crippen molar-refractivity contribution in [1.82, 2.24) is 4.98 Å².